The lowest BCUT2D eigenvalue weighted by atomic mass is 9.76. The number of nitrogens with one attached hydrogen (secondary N) is 2. The first-order valence-corrected chi connectivity index (χ1v) is 11.1. The first kappa shape index (κ1) is 21.3. The molecular weight excluding hydrogens is 419 g/mol. The molecule has 5 rings (SSSR count). The van der Waals surface area contributed by atoms with Crippen molar-refractivity contribution < 1.29 is 22.7 Å². The zero-order valence-corrected chi connectivity index (χ0v) is 17.6. The third-order valence-corrected chi connectivity index (χ3v) is 6.71. The molecule has 4 atom stereocenters. The van der Waals surface area contributed by atoms with Crippen LogP contribution in [0.5, 0.6) is 0 Å². The Morgan fingerprint density at radius 2 is 1.91 bits per heavy atom. The molecule has 2 saturated heterocycles. The molecule has 0 spiro atoms. The summed E-state index contributed by atoms with van der Waals surface area (Å²) in [6.07, 6.45) is -3.33. The number of halogens is 3. The Hall–Kier alpha value is -2.58. The average Bonchev–Trinajstić information content (AvgIpc) is 2.78. The van der Waals surface area contributed by atoms with Crippen molar-refractivity contribution in [2.45, 2.75) is 37.3 Å². The molecule has 0 radical (unpaired) electrons. The predicted octanol–water partition coefficient (Wildman–Crippen LogP) is 4.14. The van der Waals surface area contributed by atoms with Crippen LogP contribution in [-0.4, -0.2) is 43.1 Å². The molecule has 0 aromatic heterocycles. The number of alkyl halides is 3. The van der Waals surface area contributed by atoms with E-state index in [1.807, 2.05) is 30.3 Å². The Bertz CT molecular complexity index is 982. The highest BCUT2D eigenvalue weighted by Crippen LogP contribution is 2.51. The summed E-state index contributed by atoms with van der Waals surface area (Å²) in [6, 6.07) is 13.8. The average molecular weight is 445 g/mol. The Balaban J connectivity index is 1.45. The van der Waals surface area contributed by atoms with Crippen molar-refractivity contribution in [1.82, 2.24) is 10.2 Å². The van der Waals surface area contributed by atoms with Crippen LogP contribution in [-0.2, 0) is 15.7 Å². The van der Waals surface area contributed by atoms with Gasteiger partial charge >= 0.3 is 6.18 Å². The number of ether oxygens (including phenoxy) is 1. The third kappa shape index (κ3) is 4.21. The quantitative estimate of drug-likeness (QED) is 0.746. The highest BCUT2D eigenvalue weighted by molar-refractivity contribution is 5.78. The second-order valence-corrected chi connectivity index (χ2v) is 8.84. The van der Waals surface area contributed by atoms with Crippen LogP contribution in [0, 0.1) is 5.92 Å². The fourth-order valence-corrected chi connectivity index (χ4v) is 5.19. The molecule has 3 aliphatic rings. The number of amides is 1. The predicted molar refractivity (Wildman–Crippen MR) is 114 cm³/mol. The van der Waals surface area contributed by atoms with Gasteiger partial charge in [0.15, 0.2) is 0 Å². The van der Waals surface area contributed by atoms with Gasteiger partial charge in [-0.1, -0.05) is 30.3 Å². The number of nitrogens with zero attached hydrogens (tertiary/aromatic N) is 1. The third-order valence-electron chi connectivity index (χ3n) is 6.71. The smallest absolute Gasteiger partial charge is 0.378 e. The van der Waals surface area contributed by atoms with Crippen LogP contribution >= 0.6 is 0 Å². The van der Waals surface area contributed by atoms with Gasteiger partial charge in [0.1, 0.15) is 0 Å². The van der Waals surface area contributed by atoms with Crippen LogP contribution in [0.1, 0.15) is 41.7 Å². The van der Waals surface area contributed by atoms with Crippen LogP contribution < -0.4 is 10.6 Å². The number of carbonyl (C=O) groups is 1. The van der Waals surface area contributed by atoms with Crippen molar-refractivity contribution in [1.29, 1.82) is 0 Å². The van der Waals surface area contributed by atoms with Gasteiger partial charge in [-0.05, 0) is 36.6 Å². The largest absolute Gasteiger partial charge is 0.416 e. The van der Waals surface area contributed by atoms with E-state index in [2.05, 4.69) is 15.5 Å². The topological polar surface area (TPSA) is 53.6 Å². The SMILES string of the molecule is O=C1CN(C[C@H]2CC[C@@H]3C(O2)c2cc(C(F)(F)F)ccc2N[C@H]3c2ccccc2)CCN1. The van der Waals surface area contributed by atoms with Crippen molar-refractivity contribution in [3.63, 3.8) is 0 Å². The van der Waals surface area contributed by atoms with Gasteiger partial charge in [-0.25, -0.2) is 0 Å². The van der Waals surface area contributed by atoms with Gasteiger partial charge in [0, 0.05) is 36.8 Å². The van der Waals surface area contributed by atoms with Crippen molar-refractivity contribution in [3.8, 4) is 0 Å². The number of carbonyl (C=O) groups excluding carboxylic acids is 1. The molecule has 32 heavy (non-hydrogen) atoms. The monoisotopic (exact) mass is 445 g/mol. The van der Waals surface area contributed by atoms with Crippen molar-refractivity contribution in [3.05, 3.63) is 65.2 Å². The summed E-state index contributed by atoms with van der Waals surface area (Å²) >= 11 is 0. The summed E-state index contributed by atoms with van der Waals surface area (Å²) in [7, 11) is 0. The van der Waals surface area contributed by atoms with Crippen LogP contribution in [0.15, 0.2) is 48.5 Å². The first-order valence-electron chi connectivity index (χ1n) is 11.1. The number of anilines is 1. The van der Waals surface area contributed by atoms with Gasteiger partial charge in [0.2, 0.25) is 5.91 Å². The van der Waals surface area contributed by atoms with Gasteiger partial charge in [-0.15, -0.1) is 0 Å². The Kier molecular flexibility index (Phi) is 5.59. The standard InChI is InChI=1S/C24H26F3N3O2/c25-24(26,27)16-6-9-20-19(12-16)23-18(22(29-20)15-4-2-1-3-5-15)8-7-17(32-23)13-30-11-10-28-21(31)14-30/h1-6,9,12,17-18,22-23,29H,7-8,10-11,13-14H2,(H,28,31)/t17-,18+,22+,23?/m1/s1. The van der Waals surface area contributed by atoms with E-state index in [1.54, 1.807) is 0 Å². The van der Waals surface area contributed by atoms with Crippen molar-refractivity contribution in [2.24, 2.45) is 5.92 Å². The van der Waals surface area contributed by atoms with E-state index >= 15 is 0 Å². The molecule has 2 fully saturated rings. The molecule has 170 valence electrons. The Labute approximate surface area is 184 Å². The lowest BCUT2D eigenvalue weighted by molar-refractivity contribution is -0.138. The van der Waals surface area contributed by atoms with E-state index in [4.69, 9.17) is 4.74 Å². The van der Waals surface area contributed by atoms with E-state index in [0.717, 1.165) is 31.0 Å². The van der Waals surface area contributed by atoms with Crippen LogP contribution in [0.2, 0.25) is 0 Å². The molecule has 5 nitrogen and oxygen atoms in total. The van der Waals surface area contributed by atoms with Crippen LogP contribution in [0.3, 0.4) is 0 Å². The minimum atomic E-state index is -4.41. The minimum absolute atomic E-state index is 0.00360. The van der Waals surface area contributed by atoms with Gasteiger partial charge < -0.3 is 15.4 Å². The fraction of sp³-hybridized carbons (Fsp3) is 0.458. The van der Waals surface area contributed by atoms with Gasteiger partial charge in [-0.2, -0.15) is 13.2 Å². The van der Waals surface area contributed by atoms with E-state index in [9.17, 15) is 18.0 Å². The molecule has 2 aromatic carbocycles. The van der Waals surface area contributed by atoms with Crippen LogP contribution in [0.4, 0.5) is 18.9 Å². The molecule has 2 N–H and O–H groups in total. The highest BCUT2D eigenvalue weighted by atomic mass is 19.4. The number of benzene rings is 2. The minimum Gasteiger partial charge on any atom is -0.378 e. The second kappa shape index (κ2) is 8.41. The van der Waals surface area contributed by atoms with Gasteiger partial charge in [0.25, 0.3) is 0 Å². The summed E-state index contributed by atoms with van der Waals surface area (Å²) in [5.74, 6) is 0.0189. The summed E-state index contributed by atoms with van der Waals surface area (Å²) in [5.41, 5.74) is 1.69. The first-order chi connectivity index (χ1) is 15.4. The highest BCUT2D eigenvalue weighted by Gasteiger charge is 2.44. The number of piperazine rings is 1. The molecule has 0 bridgehead atoms. The normalized spacial score (nSPS) is 28.3. The molecule has 1 unspecified atom stereocenters. The molecule has 2 aromatic rings. The van der Waals surface area contributed by atoms with Crippen molar-refractivity contribution in [2.75, 3.05) is 31.5 Å². The molecule has 1 amide bonds. The Morgan fingerprint density at radius 3 is 2.66 bits per heavy atom. The summed E-state index contributed by atoms with van der Waals surface area (Å²) in [4.78, 5) is 13.8. The number of fused-ring (bicyclic) bond motifs is 3. The molecule has 0 saturated carbocycles. The molecule has 0 aliphatic carbocycles. The van der Waals surface area contributed by atoms with Gasteiger partial charge in [-0.3, -0.25) is 9.69 Å². The number of rotatable bonds is 3. The molecule has 3 heterocycles. The zero-order valence-electron chi connectivity index (χ0n) is 17.6. The van der Waals surface area contributed by atoms with Crippen molar-refractivity contribution >= 4 is 11.6 Å². The van der Waals surface area contributed by atoms with E-state index < -0.39 is 17.8 Å². The maximum Gasteiger partial charge on any atom is 0.416 e. The second-order valence-electron chi connectivity index (χ2n) is 8.84. The van der Waals surface area contributed by atoms with E-state index in [1.165, 1.54) is 12.1 Å². The van der Waals surface area contributed by atoms with E-state index in [-0.39, 0.29) is 24.0 Å². The van der Waals surface area contributed by atoms with Crippen LogP contribution in [0.25, 0.3) is 0 Å². The lowest BCUT2D eigenvalue weighted by Gasteiger charge is -2.46. The molecular formula is C24H26F3N3O2. The Morgan fingerprint density at radius 1 is 1.09 bits per heavy atom. The maximum atomic E-state index is 13.4. The molecule has 3 aliphatic heterocycles. The summed E-state index contributed by atoms with van der Waals surface area (Å²) in [5, 5.41) is 6.30. The molecule has 8 heteroatoms. The van der Waals surface area contributed by atoms with E-state index in [0.29, 0.717) is 30.9 Å². The van der Waals surface area contributed by atoms with Gasteiger partial charge in [0.05, 0.1) is 30.4 Å². The summed E-state index contributed by atoms with van der Waals surface area (Å²) in [6.45, 7) is 2.30. The zero-order chi connectivity index (χ0) is 22.3. The number of hydrogen-bond acceptors (Lipinski definition) is 4. The fourth-order valence-electron chi connectivity index (χ4n) is 5.19. The maximum absolute atomic E-state index is 13.4. The summed E-state index contributed by atoms with van der Waals surface area (Å²) < 4.78 is 46.8. The lowest BCUT2D eigenvalue weighted by Crippen LogP contribution is -2.51. The number of hydrogen-bond donors (Lipinski definition) is 2.